The maximum atomic E-state index is 12.1. The molecular formula is C22H20O6. The maximum Gasteiger partial charge on any atom is 0.338 e. The first-order valence-electron chi connectivity index (χ1n) is 8.44. The number of hydrogen-bond donors (Lipinski definition) is 0. The third-order valence-corrected chi connectivity index (χ3v) is 3.71. The van der Waals surface area contributed by atoms with Gasteiger partial charge >= 0.3 is 11.9 Å². The molecule has 0 aliphatic rings. The van der Waals surface area contributed by atoms with Crippen LogP contribution in [0.3, 0.4) is 0 Å². The van der Waals surface area contributed by atoms with Crippen molar-refractivity contribution in [2.24, 2.45) is 0 Å². The Labute approximate surface area is 163 Å². The Bertz CT molecular complexity index is 878. The van der Waals surface area contributed by atoms with Crippen LogP contribution in [0, 0.1) is 0 Å². The molecule has 0 atom stereocenters. The molecular weight excluding hydrogens is 360 g/mol. The zero-order valence-electron chi connectivity index (χ0n) is 15.5. The van der Waals surface area contributed by atoms with Gasteiger partial charge in [-0.25, -0.2) is 9.59 Å². The number of ether oxygens (including phenoxy) is 3. The zero-order chi connectivity index (χ0) is 20.5. The highest BCUT2D eigenvalue weighted by atomic mass is 16.5. The summed E-state index contributed by atoms with van der Waals surface area (Å²) in [6.07, 6.45) is 0.172. The lowest BCUT2D eigenvalue weighted by Gasteiger charge is -2.09. The van der Waals surface area contributed by atoms with Crippen LogP contribution in [0.25, 0.3) is 11.1 Å². The lowest BCUT2D eigenvalue weighted by molar-refractivity contribution is -0.139. The van der Waals surface area contributed by atoms with Crippen molar-refractivity contribution in [1.82, 2.24) is 0 Å². The van der Waals surface area contributed by atoms with Crippen molar-refractivity contribution in [2.45, 2.75) is 13.3 Å². The Morgan fingerprint density at radius 3 is 1.93 bits per heavy atom. The standard InChI is InChI=1S/C22H20O6/c1-15(2)21(24)26-13-12-16(3)22(25)28-20-10-6-18(7-11-20)17-4-8-19(9-5-17)27-14-23/h4-11,14H,1,3,12-13H2,2H3. The third kappa shape index (κ3) is 5.95. The van der Waals surface area contributed by atoms with E-state index in [1.807, 2.05) is 12.1 Å². The number of carbonyl (C=O) groups excluding carboxylic acids is 3. The monoisotopic (exact) mass is 380 g/mol. The highest BCUT2D eigenvalue weighted by Gasteiger charge is 2.12. The molecule has 0 bridgehead atoms. The van der Waals surface area contributed by atoms with E-state index in [9.17, 15) is 14.4 Å². The van der Waals surface area contributed by atoms with E-state index < -0.39 is 11.9 Å². The summed E-state index contributed by atoms with van der Waals surface area (Å²) < 4.78 is 15.0. The topological polar surface area (TPSA) is 78.9 Å². The van der Waals surface area contributed by atoms with Crippen molar-refractivity contribution in [3.63, 3.8) is 0 Å². The molecule has 0 saturated heterocycles. The summed E-state index contributed by atoms with van der Waals surface area (Å²) in [4.78, 5) is 33.7. The fourth-order valence-electron chi connectivity index (χ4n) is 2.17. The first kappa shape index (κ1) is 20.6. The van der Waals surface area contributed by atoms with E-state index in [0.717, 1.165) is 11.1 Å². The van der Waals surface area contributed by atoms with E-state index in [0.29, 0.717) is 23.5 Å². The van der Waals surface area contributed by atoms with Crippen molar-refractivity contribution < 1.29 is 28.6 Å². The summed E-state index contributed by atoms with van der Waals surface area (Å²) in [6.45, 7) is 9.08. The van der Waals surface area contributed by atoms with E-state index in [1.165, 1.54) is 0 Å². The molecule has 0 heterocycles. The second-order valence-corrected chi connectivity index (χ2v) is 5.92. The summed E-state index contributed by atoms with van der Waals surface area (Å²) in [6, 6.07) is 13.9. The molecule has 2 aromatic carbocycles. The van der Waals surface area contributed by atoms with Gasteiger partial charge in [-0.1, -0.05) is 37.4 Å². The normalized spacial score (nSPS) is 9.89. The Balaban J connectivity index is 1.89. The number of rotatable bonds is 9. The molecule has 0 spiro atoms. The van der Waals surface area contributed by atoms with Crippen LogP contribution in [-0.2, 0) is 19.1 Å². The molecule has 28 heavy (non-hydrogen) atoms. The van der Waals surface area contributed by atoms with Gasteiger partial charge in [0.15, 0.2) is 0 Å². The van der Waals surface area contributed by atoms with Crippen LogP contribution < -0.4 is 9.47 Å². The molecule has 6 heteroatoms. The summed E-state index contributed by atoms with van der Waals surface area (Å²) in [5.74, 6) is -0.275. The lowest BCUT2D eigenvalue weighted by atomic mass is 10.1. The van der Waals surface area contributed by atoms with Gasteiger partial charge in [-0.05, 0) is 42.3 Å². The van der Waals surface area contributed by atoms with Crippen LogP contribution in [0.1, 0.15) is 13.3 Å². The quantitative estimate of drug-likeness (QED) is 0.284. The molecule has 0 N–H and O–H groups in total. The molecule has 0 aromatic heterocycles. The Hall–Kier alpha value is -3.67. The number of hydrogen-bond acceptors (Lipinski definition) is 6. The highest BCUT2D eigenvalue weighted by Crippen LogP contribution is 2.25. The van der Waals surface area contributed by atoms with Crippen LogP contribution >= 0.6 is 0 Å². The van der Waals surface area contributed by atoms with Crippen molar-refractivity contribution in [3.8, 4) is 22.6 Å². The largest absolute Gasteiger partial charge is 0.462 e. The zero-order valence-corrected chi connectivity index (χ0v) is 15.5. The molecule has 6 nitrogen and oxygen atoms in total. The maximum absolute atomic E-state index is 12.1. The van der Waals surface area contributed by atoms with Crippen molar-refractivity contribution >= 4 is 18.4 Å². The smallest absolute Gasteiger partial charge is 0.338 e. The predicted molar refractivity (Wildman–Crippen MR) is 104 cm³/mol. The highest BCUT2D eigenvalue weighted by molar-refractivity contribution is 5.90. The van der Waals surface area contributed by atoms with Crippen LogP contribution in [0.2, 0.25) is 0 Å². The predicted octanol–water partition coefficient (Wildman–Crippen LogP) is 3.86. The Kier molecular flexibility index (Phi) is 7.28. The van der Waals surface area contributed by atoms with Crippen LogP contribution in [-0.4, -0.2) is 25.0 Å². The minimum Gasteiger partial charge on any atom is -0.462 e. The molecule has 144 valence electrons. The van der Waals surface area contributed by atoms with Gasteiger partial charge in [-0.2, -0.15) is 0 Å². The van der Waals surface area contributed by atoms with Gasteiger partial charge in [0.2, 0.25) is 0 Å². The molecule has 0 fully saturated rings. The third-order valence-electron chi connectivity index (χ3n) is 3.71. The molecule has 0 unspecified atom stereocenters. The van der Waals surface area contributed by atoms with Gasteiger partial charge < -0.3 is 14.2 Å². The average Bonchev–Trinajstić information content (AvgIpc) is 2.69. The van der Waals surface area contributed by atoms with E-state index in [1.54, 1.807) is 43.3 Å². The number of benzene rings is 2. The van der Waals surface area contributed by atoms with Gasteiger partial charge in [0, 0.05) is 17.6 Å². The second kappa shape index (κ2) is 9.87. The summed E-state index contributed by atoms with van der Waals surface area (Å²) in [5.41, 5.74) is 2.31. The summed E-state index contributed by atoms with van der Waals surface area (Å²) in [5, 5.41) is 0. The summed E-state index contributed by atoms with van der Waals surface area (Å²) >= 11 is 0. The molecule has 2 rings (SSSR count). The first-order chi connectivity index (χ1) is 13.4. The Morgan fingerprint density at radius 2 is 1.43 bits per heavy atom. The first-order valence-corrected chi connectivity index (χ1v) is 8.44. The van der Waals surface area contributed by atoms with Crippen molar-refractivity contribution in [3.05, 3.63) is 72.8 Å². The number of esters is 2. The van der Waals surface area contributed by atoms with Gasteiger partial charge in [0.05, 0.1) is 6.61 Å². The van der Waals surface area contributed by atoms with E-state index in [4.69, 9.17) is 14.2 Å². The molecule has 0 radical (unpaired) electrons. The van der Waals surface area contributed by atoms with Crippen LogP contribution in [0.4, 0.5) is 0 Å². The average molecular weight is 380 g/mol. The van der Waals surface area contributed by atoms with Gasteiger partial charge in [-0.15, -0.1) is 0 Å². The second-order valence-electron chi connectivity index (χ2n) is 5.92. The van der Waals surface area contributed by atoms with Crippen LogP contribution in [0.15, 0.2) is 72.8 Å². The molecule has 0 saturated carbocycles. The Morgan fingerprint density at radius 1 is 0.893 bits per heavy atom. The van der Waals surface area contributed by atoms with Crippen molar-refractivity contribution in [1.29, 1.82) is 0 Å². The molecule has 0 amide bonds. The SMILES string of the molecule is C=C(C)C(=O)OCCC(=C)C(=O)Oc1ccc(-c2ccc(OC=O)cc2)cc1. The minimum absolute atomic E-state index is 0.0301. The number of carbonyl (C=O) groups is 3. The molecule has 2 aromatic rings. The van der Waals surface area contributed by atoms with Gasteiger partial charge in [0.1, 0.15) is 11.5 Å². The van der Waals surface area contributed by atoms with Gasteiger partial charge in [-0.3, -0.25) is 4.79 Å². The molecule has 0 aliphatic carbocycles. The molecule has 0 aliphatic heterocycles. The lowest BCUT2D eigenvalue weighted by Crippen LogP contribution is -2.13. The summed E-state index contributed by atoms with van der Waals surface area (Å²) in [7, 11) is 0. The van der Waals surface area contributed by atoms with Gasteiger partial charge in [0.25, 0.3) is 6.47 Å². The van der Waals surface area contributed by atoms with E-state index >= 15 is 0 Å². The van der Waals surface area contributed by atoms with E-state index in [2.05, 4.69) is 13.2 Å². The van der Waals surface area contributed by atoms with Crippen LogP contribution in [0.5, 0.6) is 11.5 Å². The fraction of sp³-hybridized carbons (Fsp3) is 0.136. The van der Waals surface area contributed by atoms with E-state index in [-0.39, 0.29) is 18.6 Å². The minimum atomic E-state index is -0.588. The fourth-order valence-corrected chi connectivity index (χ4v) is 2.17. The van der Waals surface area contributed by atoms with Crippen molar-refractivity contribution in [2.75, 3.05) is 6.61 Å².